The van der Waals surface area contributed by atoms with E-state index < -0.39 is 22.5 Å². The van der Waals surface area contributed by atoms with Gasteiger partial charge in [-0.2, -0.15) is 0 Å². The number of aromatic hydroxyl groups is 3. The van der Waals surface area contributed by atoms with E-state index in [2.05, 4.69) is 0 Å². The first-order valence-electron chi connectivity index (χ1n) is 5.51. The second kappa shape index (κ2) is 5.20. The van der Waals surface area contributed by atoms with Crippen LogP contribution in [0.4, 0.5) is 0 Å². The van der Waals surface area contributed by atoms with Gasteiger partial charge in [-0.05, 0) is 23.2 Å². The summed E-state index contributed by atoms with van der Waals surface area (Å²) in [6, 6.07) is 10.1. The summed E-state index contributed by atoms with van der Waals surface area (Å²) >= 11 is 5.43. The Kier molecular flexibility index (Phi) is 3.62. The van der Waals surface area contributed by atoms with Crippen LogP contribution in [-0.2, 0) is 6.42 Å². The molecule has 0 bridgehead atoms. The largest absolute Gasteiger partial charge is 0.504 e. The highest BCUT2D eigenvalue weighted by Crippen LogP contribution is 2.40. The minimum absolute atomic E-state index is 0.0293. The fourth-order valence-electron chi connectivity index (χ4n) is 1.84. The van der Waals surface area contributed by atoms with Gasteiger partial charge in [0.2, 0.25) is 5.75 Å². The molecule has 2 aromatic carbocycles. The summed E-state index contributed by atoms with van der Waals surface area (Å²) in [6.07, 6.45) is 0.217. The Balaban J connectivity index is 2.55. The van der Waals surface area contributed by atoms with E-state index in [1.165, 1.54) is 0 Å². The Morgan fingerprint density at radius 1 is 1.05 bits per heavy atom. The van der Waals surface area contributed by atoms with Crippen molar-refractivity contribution in [1.82, 2.24) is 0 Å². The standard InChI is InChI=1S/C14H11ClO4/c15-14(19)10-7-11(16)13(18)12(17)9(10)6-8-4-2-1-3-5-8/h1-5,7,16-18H,6H2. The molecule has 0 aliphatic rings. The molecule has 0 saturated carbocycles. The van der Waals surface area contributed by atoms with Crippen molar-refractivity contribution in [3.05, 3.63) is 53.1 Å². The molecule has 19 heavy (non-hydrogen) atoms. The van der Waals surface area contributed by atoms with Crippen molar-refractivity contribution in [2.75, 3.05) is 0 Å². The lowest BCUT2D eigenvalue weighted by atomic mass is 9.98. The molecule has 0 fully saturated rings. The molecule has 0 unspecified atom stereocenters. The monoisotopic (exact) mass is 278 g/mol. The quantitative estimate of drug-likeness (QED) is 0.596. The van der Waals surface area contributed by atoms with E-state index in [0.717, 1.165) is 11.6 Å². The van der Waals surface area contributed by atoms with Crippen LogP contribution in [0.5, 0.6) is 17.2 Å². The van der Waals surface area contributed by atoms with Gasteiger partial charge in [0.15, 0.2) is 11.5 Å². The molecule has 98 valence electrons. The number of carbonyl (C=O) groups is 1. The van der Waals surface area contributed by atoms with Crippen molar-refractivity contribution in [3.63, 3.8) is 0 Å². The van der Waals surface area contributed by atoms with Crippen LogP contribution in [0.1, 0.15) is 21.5 Å². The van der Waals surface area contributed by atoms with E-state index in [-0.39, 0.29) is 17.5 Å². The lowest BCUT2D eigenvalue weighted by Gasteiger charge is -2.11. The van der Waals surface area contributed by atoms with Crippen LogP contribution in [0.3, 0.4) is 0 Å². The van der Waals surface area contributed by atoms with Crippen LogP contribution in [0, 0.1) is 0 Å². The molecule has 4 nitrogen and oxygen atoms in total. The Morgan fingerprint density at radius 2 is 1.68 bits per heavy atom. The first-order chi connectivity index (χ1) is 9.00. The number of phenols is 3. The molecule has 0 saturated heterocycles. The van der Waals surface area contributed by atoms with E-state index in [9.17, 15) is 20.1 Å². The molecule has 5 heteroatoms. The minimum atomic E-state index is -0.809. The Hall–Kier alpha value is -2.20. The molecule has 0 radical (unpaired) electrons. The SMILES string of the molecule is O=C(Cl)c1cc(O)c(O)c(O)c1Cc1ccccc1. The highest BCUT2D eigenvalue weighted by atomic mass is 35.5. The van der Waals surface area contributed by atoms with Gasteiger partial charge in [-0.15, -0.1) is 0 Å². The van der Waals surface area contributed by atoms with E-state index in [1.807, 2.05) is 30.3 Å². The number of rotatable bonds is 3. The predicted octanol–water partition coefficient (Wildman–Crippen LogP) is 2.77. The molecule has 2 rings (SSSR count). The summed E-state index contributed by atoms with van der Waals surface area (Å²) in [5.41, 5.74) is 0.988. The molecule has 2 aromatic rings. The number of hydrogen-bond acceptors (Lipinski definition) is 4. The van der Waals surface area contributed by atoms with Crippen molar-refractivity contribution < 1.29 is 20.1 Å². The fourth-order valence-corrected chi connectivity index (χ4v) is 2.01. The van der Waals surface area contributed by atoms with Gasteiger partial charge in [0, 0.05) is 17.5 Å². The summed E-state index contributed by atoms with van der Waals surface area (Å²) in [5.74, 6) is -1.78. The third-order valence-corrected chi connectivity index (χ3v) is 3.00. The van der Waals surface area contributed by atoms with E-state index in [1.54, 1.807) is 0 Å². The fraction of sp³-hybridized carbons (Fsp3) is 0.0714. The molecular formula is C14H11ClO4. The number of hydrogen-bond donors (Lipinski definition) is 3. The van der Waals surface area contributed by atoms with E-state index in [4.69, 9.17) is 11.6 Å². The predicted molar refractivity (Wildman–Crippen MR) is 70.9 cm³/mol. The third kappa shape index (κ3) is 2.63. The molecule has 0 heterocycles. The van der Waals surface area contributed by atoms with Crippen LogP contribution in [0.25, 0.3) is 0 Å². The maximum Gasteiger partial charge on any atom is 0.252 e. The lowest BCUT2D eigenvalue weighted by Crippen LogP contribution is -2.00. The average molecular weight is 279 g/mol. The van der Waals surface area contributed by atoms with Crippen LogP contribution >= 0.6 is 11.6 Å². The van der Waals surface area contributed by atoms with E-state index in [0.29, 0.717) is 0 Å². The average Bonchev–Trinajstić information content (AvgIpc) is 2.40. The topological polar surface area (TPSA) is 77.8 Å². The zero-order valence-electron chi connectivity index (χ0n) is 9.80. The summed E-state index contributed by atoms with van der Waals surface area (Å²) in [4.78, 5) is 11.3. The van der Waals surface area contributed by atoms with E-state index >= 15 is 0 Å². The van der Waals surface area contributed by atoms with Gasteiger partial charge < -0.3 is 15.3 Å². The molecule has 0 aromatic heterocycles. The van der Waals surface area contributed by atoms with Crippen LogP contribution in [0.15, 0.2) is 36.4 Å². The first kappa shape index (κ1) is 13.2. The Labute approximate surface area is 114 Å². The van der Waals surface area contributed by atoms with Gasteiger partial charge in [-0.25, -0.2) is 0 Å². The van der Waals surface area contributed by atoms with Crippen molar-refractivity contribution in [3.8, 4) is 17.2 Å². The van der Waals surface area contributed by atoms with Crippen LogP contribution in [-0.4, -0.2) is 20.6 Å². The number of phenolic OH excluding ortho intramolecular Hbond substituents is 3. The molecule has 0 amide bonds. The third-order valence-electron chi connectivity index (χ3n) is 2.79. The number of carbonyl (C=O) groups excluding carboxylic acids is 1. The molecule has 0 aliphatic carbocycles. The zero-order chi connectivity index (χ0) is 14.0. The summed E-state index contributed by atoms with van der Waals surface area (Å²) < 4.78 is 0. The highest BCUT2D eigenvalue weighted by Gasteiger charge is 2.20. The van der Waals surface area contributed by atoms with Crippen molar-refractivity contribution in [2.45, 2.75) is 6.42 Å². The van der Waals surface area contributed by atoms with Gasteiger partial charge in [0.1, 0.15) is 0 Å². The second-order valence-electron chi connectivity index (χ2n) is 4.06. The van der Waals surface area contributed by atoms with Crippen LogP contribution in [0.2, 0.25) is 0 Å². The molecule has 3 N–H and O–H groups in total. The summed E-state index contributed by atoms with van der Waals surface area (Å²) in [7, 11) is 0. The number of benzene rings is 2. The maximum absolute atomic E-state index is 11.3. The molecular weight excluding hydrogens is 268 g/mol. The van der Waals surface area contributed by atoms with Gasteiger partial charge >= 0.3 is 0 Å². The Bertz CT molecular complexity index is 623. The molecule has 0 aliphatic heterocycles. The summed E-state index contributed by atoms with van der Waals surface area (Å²) in [6.45, 7) is 0. The van der Waals surface area contributed by atoms with Crippen molar-refractivity contribution in [1.29, 1.82) is 0 Å². The lowest BCUT2D eigenvalue weighted by molar-refractivity contribution is 0.107. The van der Waals surface area contributed by atoms with Gasteiger partial charge in [-0.3, -0.25) is 4.79 Å². The first-order valence-corrected chi connectivity index (χ1v) is 5.89. The number of halogens is 1. The Morgan fingerprint density at radius 3 is 2.26 bits per heavy atom. The molecule has 0 spiro atoms. The smallest absolute Gasteiger partial charge is 0.252 e. The second-order valence-corrected chi connectivity index (χ2v) is 4.40. The minimum Gasteiger partial charge on any atom is -0.504 e. The molecule has 0 atom stereocenters. The van der Waals surface area contributed by atoms with Crippen molar-refractivity contribution >= 4 is 16.8 Å². The van der Waals surface area contributed by atoms with Gasteiger partial charge in [-0.1, -0.05) is 30.3 Å². The maximum atomic E-state index is 11.3. The van der Waals surface area contributed by atoms with Crippen molar-refractivity contribution in [2.24, 2.45) is 0 Å². The highest BCUT2D eigenvalue weighted by molar-refractivity contribution is 6.68. The van der Waals surface area contributed by atoms with Gasteiger partial charge in [0.05, 0.1) is 0 Å². The zero-order valence-corrected chi connectivity index (χ0v) is 10.6. The van der Waals surface area contributed by atoms with Crippen LogP contribution < -0.4 is 0 Å². The van der Waals surface area contributed by atoms with Gasteiger partial charge in [0.25, 0.3) is 5.24 Å². The summed E-state index contributed by atoms with van der Waals surface area (Å²) in [5, 5.41) is 28.0. The normalized spacial score (nSPS) is 10.4.